The summed E-state index contributed by atoms with van der Waals surface area (Å²) in [5.41, 5.74) is 1.27. The lowest BCUT2D eigenvalue weighted by Crippen LogP contribution is -2.13. The number of carbonyl (C=O) groups is 1. The highest BCUT2D eigenvalue weighted by Gasteiger charge is 2.10. The minimum absolute atomic E-state index is 0.332. The van der Waals surface area contributed by atoms with Gasteiger partial charge in [0.05, 0.1) is 17.9 Å². The topological polar surface area (TPSA) is 84.2 Å². The Labute approximate surface area is 128 Å². The molecule has 0 fully saturated rings. The number of rotatable bonds is 6. The molecule has 1 N–H and O–H groups in total. The first-order valence-corrected chi connectivity index (χ1v) is 6.63. The van der Waals surface area contributed by atoms with Crippen LogP contribution in [0.5, 0.6) is 5.88 Å². The van der Waals surface area contributed by atoms with Gasteiger partial charge in [-0.05, 0) is 18.2 Å². The third-order valence-corrected chi connectivity index (χ3v) is 2.83. The minimum atomic E-state index is -0.332. The predicted molar refractivity (Wildman–Crippen MR) is 80.7 cm³/mol. The Morgan fingerprint density at radius 2 is 2.14 bits per heavy atom. The molecule has 0 spiro atoms. The molecule has 0 saturated carbocycles. The van der Waals surface area contributed by atoms with Crippen molar-refractivity contribution >= 4 is 11.6 Å². The lowest BCUT2D eigenvalue weighted by molar-refractivity contribution is 0.102. The Hall–Kier alpha value is -2.91. The summed E-state index contributed by atoms with van der Waals surface area (Å²) >= 11 is 0. The van der Waals surface area contributed by atoms with E-state index >= 15 is 0 Å². The predicted octanol–water partition coefficient (Wildman–Crippen LogP) is 2.23. The molecule has 0 atom stereocenters. The van der Waals surface area contributed by atoms with Gasteiger partial charge in [0.25, 0.3) is 5.91 Å². The van der Waals surface area contributed by atoms with E-state index in [-0.39, 0.29) is 5.91 Å². The maximum Gasteiger partial charge on any atom is 0.255 e. The molecule has 1 aromatic heterocycles. The van der Waals surface area contributed by atoms with Crippen LogP contribution >= 0.6 is 0 Å². The Morgan fingerprint density at radius 3 is 2.91 bits per heavy atom. The van der Waals surface area contributed by atoms with Crippen molar-refractivity contribution in [2.75, 3.05) is 25.6 Å². The molecule has 2 rings (SSSR count). The molecule has 0 bridgehead atoms. The fraction of sp³-hybridized carbons (Fsp3) is 0.188. The first-order chi connectivity index (χ1) is 10.7. The monoisotopic (exact) mass is 297 g/mol. The molecule has 0 radical (unpaired) electrons. The number of methoxy groups -OCH3 is 1. The molecule has 1 heterocycles. The van der Waals surface area contributed by atoms with Crippen LogP contribution in [0.15, 0.2) is 42.6 Å². The van der Waals surface area contributed by atoms with E-state index in [4.69, 9.17) is 14.7 Å². The van der Waals surface area contributed by atoms with E-state index in [2.05, 4.69) is 10.3 Å². The van der Waals surface area contributed by atoms with E-state index in [1.54, 1.807) is 43.5 Å². The molecule has 0 saturated heterocycles. The smallest absolute Gasteiger partial charge is 0.255 e. The number of ether oxygens (including phenoxy) is 2. The summed E-state index contributed by atoms with van der Waals surface area (Å²) in [4.78, 5) is 16.3. The molecule has 2 aromatic rings. The molecule has 6 nitrogen and oxygen atoms in total. The van der Waals surface area contributed by atoms with Crippen molar-refractivity contribution in [1.29, 1.82) is 5.26 Å². The van der Waals surface area contributed by atoms with Gasteiger partial charge < -0.3 is 14.8 Å². The van der Waals surface area contributed by atoms with Crippen LogP contribution in [0.25, 0.3) is 0 Å². The van der Waals surface area contributed by atoms with Gasteiger partial charge in [-0.3, -0.25) is 4.79 Å². The third kappa shape index (κ3) is 4.04. The van der Waals surface area contributed by atoms with Gasteiger partial charge >= 0.3 is 0 Å². The van der Waals surface area contributed by atoms with Crippen LogP contribution in [-0.2, 0) is 4.74 Å². The van der Waals surface area contributed by atoms with Crippen molar-refractivity contribution < 1.29 is 14.3 Å². The maximum atomic E-state index is 12.2. The Kier molecular flexibility index (Phi) is 5.46. The largest absolute Gasteiger partial charge is 0.475 e. The second-order valence-electron chi connectivity index (χ2n) is 4.34. The standard InChI is InChI=1S/C16H15N3O3/c1-21-8-9-22-15-10-12(6-7-18-15)16(20)19-14-5-3-2-4-13(14)11-17/h2-7,10H,8-9H2,1H3,(H,19,20). The number of nitrogens with one attached hydrogen (secondary N) is 1. The molecule has 0 unspecified atom stereocenters. The van der Waals surface area contributed by atoms with Crippen LogP contribution in [0.3, 0.4) is 0 Å². The quantitative estimate of drug-likeness (QED) is 0.826. The van der Waals surface area contributed by atoms with Crippen LogP contribution in [0.1, 0.15) is 15.9 Å². The van der Waals surface area contributed by atoms with E-state index in [0.717, 1.165) is 0 Å². The van der Waals surface area contributed by atoms with E-state index < -0.39 is 0 Å². The highest BCUT2D eigenvalue weighted by atomic mass is 16.5. The maximum absolute atomic E-state index is 12.2. The van der Waals surface area contributed by atoms with Gasteiger partial charge in [0.1, 0.15) is 12.7 Å². The summed E-state index contributed by atoms with van der Waals surface area (Å²) in [5.74, 6) is 0.0139. The summed E-state index contributed by atoms with van der Waals surface area (Å²) in [6, 6.07) is 12.0. The zero-order valence-electron chi connectivity index (χ0n) is 12.1. The zero-order chi connectivity index (χ0) is 15.8. The SMILES string of the molecule is COCCOc1cc(C(=O)Nc2ccccc2C#N)ccn1. The summed E-state index contributed by atoms with van der Waals surface area (Å²) < 4.78 is 10.2. The van der Waals surface area contributed by atoms with Gasteiger partial charge in [-0.2, -0.15) is 5.26 Å². The minimum Gasteiger partial charge on any atom is -0.475 e. The Bertz CT molecular complexity index is 695. The third-order valence-electron chi connectivity index (χ3n) is 2.83. The van der Waals surface area contributed by atoms with Crippen molar-refractivity contribution in [3.05, 3.63) is 53.7 Å². The number of aromatic nitrogens is 1. The van der Waals surface area contributed by atoms with Crippen molar-refractivity contribution in [2.24, 2.45) is 0 Å². The summed E-state index contributed by atoms with van der Waals surface area (Å²) in [6.07, 6.45) is 1.49. The number of benzene rings is 1. The zero-order valence-corrected chi connectivity index (χ0v) is 12.1. The van der Waals surface area contributed by atoms with E-state index in [1.165, 1.54) is 6.20 Å². The van der Waals surface area contributed by atoms with Crippen LogP contribution in [-0.4, -0.2) is 31.2 Å². The number of hydrogen-bond acceptors (Lipinski definition) is 5. The Morgan fingerprint density at radius 1 is 1.32 bits per heavy atom. The van der Waals surface area contributed by atoms with Crippen LogP contribution in [0, 0.1) is 11.3 Å². The van der Waals surface area contributed by atoms with Crippen molar-refractivity contribution in [3.63, 3.8) is 0 Å². The molecule has 6 heteroatoms. The highest BCUT2D eigenvalue weighted by molar-refractivity contribution is 6.05. The molecule has 0 aliphatic carbocycles. The number of nitriles is 1. The summed E-state index contributed by atoms with van der Waals surface area (Å²) in [5, 5.41) is 11.7. The van der Waals surface area contributed by atoms with E-state index in [0.29, 0.717) is 35.9 Å². The van der Waals surface area contributed by atoms with Crippen molar-refractivity contribution in [1.82, 2.24) is 4.98 Å². The van der Waals surface area contributed by atoms with Gasteiger partial charge in [-0.25, -0.2) is 4.98 Å². The second-order valence-corrected chi connectivity index (χ2v) is 4.34. The van der Waals surface area contributed by atoms with Gasteiger partial charge in [-0.15, -0.1) is 0 Å². The molecule has 0 aliphatic heterocycles. The molecular formula is C16H15N3O3. The summed E-state index contributed by atoms with van der Waals surface area (Å²) in [6.45, 7) is 0.791. The number of nitrogens with zero attached hydrogens (tertiary/aromatic N) is 2. The van der Waals surface area contributed by atoms with E-state index in [9.17, 15) is 4.79 Å². The highest BCUT2D eigenvalue weighted by Crippen LogP contribution is 2.16. The Balaban J connectivity index is 2.09. The number of carbonyl (C=O) groups excluding carboxylic acids is 1. The average molecular weight is 297 g/mol. The molecule has 1 amide bonds. The average Bonchev–Trinajstić information content (AvgIpc) is 2.56. The number of pyridine rings is 1. The molecule has 22 heavy (non-hydrogen) atoms. The normalized spacial score (nSPS) is 9.82. The molecule has 1 aromatic carbocycles. The number of amides is 1. The van der Waals surface area contributed by atoms with Crippen molar-refractivity contribution in [3.8, 4) is 11.9 Å². The first-order valence-electron chi connectivity index (χ1n) is 6.63. The van der Waals surface area contributed by atoms with Gasteiger partial charge in [0, 0.05) is 24.9 Å². The number of para-hydroxylation sites is 1. The lowest BCUT2D eigenvalue weighted by Gasteiger charge is -2.08. The molecule has 112 valence electrons. The first kappa shape index (κ1) is 15.5. The second kappa shape index (κ2) is 7.76. The fourth-order valence-electron chi connectivity index (χ4n) is 1.74. The summed E-state index contributed by atoms with van der Waals surface area (Å²) in [7, 11) is 1.58. The number of anilines is 1. The van der Waals surface area contributed by atoms with Gasteiger partial charge in [-0.1, -0.05) is 12.1 Å². The number of hydrogen-bond donors (Lipinski definition) is 1. The fourth-order valence-corrected chi connectivity index (χ4v) is 1.74. The van der Waals surface area contributed by atoms with Crippen LogP contribution in [0.2, 0.25) is 0 Å². The van der Waals surface area contributed by atoms with Crippen LogP contribution < -0.4 is 10.1 Å². The molecule has 0 aliphatic rings. The van der Waals surface area contributed by atoms with Gasteiger partial charge in [0.15, 0.2) is 0 Å². The lowest BCUT2D eigenvalue weighted by atomic mass is 10.2. The molecular weight excluding hydrogens is 282 g/mol. The van der Waals surface area contributed by atoms with E-state index in [1.807, 2.05) is 6.07 Å². The van der Waals surface area contributed by atoms with Gasteiger partial charge in [0.2, 0.25) is 5.88 Å². The van der Waals surface area contributed by atoms with Crippen molar-refractivity contribution in [2.45, 2.75) is 0 Å². The van der Waals surface area contributed by atoms with Crippen LogP contribution in [0.4, 0.5) is 5.69 Å².